The minimum Gasteiger partial charge on any atom is -0.390 e. The molecular weight excluding hydrogens is 168 g/mol. The molecule has 1 aliphatic rings. The van der Waals surface area contributed by atoms with Gasteiger partial charge in [0.25, 0.3) is 0 Å². The SMILES string of the molecule is CC(C)C[C@H](O)[C@H](O)C1C=NN=C1. The van der Waals surface area contributed by atoms with E-state index < -0.39 is 12.2 Å². The Hall–Kier alpha value is -0.740. The number of rotatable bonds is 4. The van der Waals surface area contributed by atoms with Gasteiger partial charge >= 0.3 is 0 Å². The maximum Gasteiger partial charge on any atom is 0.0927 e. The van der Waals surface area contributed by atoms with Crippen LogP contribution in [0.15, 0.2) is 10.2 Å². The van der Waals surface area contributed by atoms with E-state index in [1.165, 1.54) is 0 Å². The van der Waals surface area contributed by atoms with Crippen LogP contribution in [0, 0.1) is 11.8 Å². The Bertz CT molecular complexity index is 202. The summed E-state index contributed by atoms with van der Waals surface area (Å²) in [6.45, 7) is 4.01. The predicted octanol–water partition coefficient (Wildman–Crippen LogP) is 0.441. The maximum absolute atomic E-state index is 9.63. The summed E-state index contributed by atoms with van der Waals surface area (Å²) in [5, 5.41) is 26.5. The van der Waals surface area contributed by atoms with Crippen molar-refractivity contribution in [1.82, 2.24) is 0 Å². The fourth-order valence-electron chi connectivity index (χ4n) is 1.32. The van der Waals surface area contributed by atoms with E-state index in [1.807, 2.05) is 13.8 Å². The van der Waals surface area contributed by atoms with Gasteiger partial charge in [0.1, 0.15) is 0 Å². The molecule has 0 fully saturated rings. The number of aliphatic hydroxyl groups excluding tert-OH is 2. The Morgan fingerprint density at radius 2 is 1.77 bits per heavy atom. The molecule has 1 aliphatic heterocycles. The summed E-state index contributed by atoms with van der Waals surface area (Å²) in [5.41, 5.74) is 0. The molecule has 0 aromatic rings. The molecule has 2 atom stereocenters. The second-order valence-corrected chi connectivity index (χ2v) is 3.79. The zero-order valence-electron chi connectivity index (χ0n) is 7.96. The van der Waals surface area contributed by atoms with Crippen molar-refractivity contribution >= 4 is 12.4 Å². The van der Waals surface area contributed by atoms with Gasteiger partial charge in [0.15, 0.2) is 0 Å². The molecule has 0 saturated carbocycles. The quantitative estimate of drug-likeness (QED) is 0.666. The predicted molar refractivity (Wildman–Crippen MR) is 51.9 cm³/mol. The Kier molecular flexibility index (Phi) is 3.57. The van der Waals surface area contributed by atoms with Crippen LogP contribution in [0.1, 0.15) is 20.3 Å². The van der Waals surface area contributed by atoms with Gasteiger partial charge in [-0.3, -0.25) is 0 Å². The Labute approximate surface area is 78.0 Å². The first kappa shape index (κ1) is 10.3. The number of hydrogen-bond acceptors (Lipinski definition) is 4. The van der Waals surface area contributed by atoms with Crippen molar-refractivity contribution < 1.29 is 10.2 Å². The minimum absolute atomic E-state index is 0.228. The molecule has 2 N–H and O–H groups in total. The van der Waals surface area contributed by atoms with E-state index in [9.17, 15) is 10.2 Å². The molecule has 0 amide bonds. The van der Waals surface area contributed by atoms with E-state index >= 15 is 0 Å². The molecule has 13 heavy (non-hydrogen) atoms. The van der Waals surface area contributed by atoms with Gasteiger partial charge in [0, 0.05) is 12.4 Å². The van der Waals surface area contributed by atoms with Crippen LogP contribution in [0.4, 0.5) is 0 Å². The lowest BCUT2D eigenvalue weighted by Crippen LogP contribution is -2.35. The van der Waals surface area contributed by atoms with Gasteiger partial charge < -0.3 is 10.2 Å². The van der Waals surface area contributed by atoms with E-state index in [4.69, 9.17) is 0 Å². The second kappa shape index (κ2) is 4.48. The zero-order chi connectivity index (χ0) is 9.84. The van der Waals surface area contributed by atoms with Crippen LogP contribution in [0.3, 0.4) is 0 Å². The number of nitrogens with zero attached hydrogens (tertiary/aromatic N) is 2. The molecular formula is C9H16N2O2. The molecule has 0 aromatic heterocycles. The van der Waals surface area contributed by atoms with Gasteiger partial charge in [0.2, 0.25) is 0 Å². The van der Waals surface area contributed by atoms with E-state index in [2.05, 4.69) is 10.2 Å². The summed E-state index contributed by atoms with van der Waals surface area (Å²) in [7, 11) is 0. The summed E-state index contributed by atoms with van der Waals surface area (Å²) < 4.78 is 0. The van der Waals surface area contributed by atoms with Crippen LogP contribution in [0.25, 0.3) is 0 Å². The van der Waals surface area contributed by atoms with E-state index in [0.717, 1.165) is 0 Å². The normalized spacial score (nSPS) is 21.3. The Balaban J connectivity index is 2.41. The standard InChI is InChI=1S/C9H16N2O2/c1-6(2)3-8(12)9(13)7-4-10-11-5-7/h4-9,12-13H,3H2,1-2H3/t8-,9+/m0/s1. The summed E-state index contributed by atoms with van der Waals surface area (Å²) in [6, 6.07) is 0. The number of aliphatic hydroxyl groups is 2. The summed E-state index contributed by atoms with van der Waals surface area (Å²) in [4.78, 5) is 0. The summed E-state index contributed by atoms with van der Waals surface area (Å²) in [5.74, 6) is 0.147. The first-order chi connectivity index (χ1) is 6.11. The first-order valence-electron chi connectivity index (χ1n) is 4.54. The third-order valence-corrected chi connectivity index (χ3v) is 2.05. The average Bonchev–Trinajstić information content (AvgIpc) is 2.53. The molecule has 1 heterocycles. The molecule has 0 unspecified atom stereocenters. The topological polar surface area (TPSA) is 65.2 Å². The highest BCUT2D eigenvalue weighted by Gasteiger charge is 2.25. The molecule has 4 heteroatoms. The zero-order valence-corrected chi connectivity index (χ0v) is 7.96. The molecule has 74 valence electrons. The fraction of sp³-hybridized carbons (Fsp3) is 0.778. The van der Waals surface area contributed by atoms with E-state index in [0.29, 0.717) is 12.3 Å². The lowest BCUT2D eigenvalue weighted by molar-refractivity contribution is 0.00256. The maximum atomic E-state index is 9.63. The summed E-state index contributed by atoms with van der Waals surface area (Å²) >= 11 is 0. The van der Waals surface area contributed by atoms with Crippen LogP contribution in [0.2, 0.25) is 0 Å². The molecule has 0 saturated heterocycles. The van der Waals surface area contributed by atoms with Crippen LogP contribution >= 0.6 is 0 Å². The average molecular weight is 184 g/mol. The van der Waals surface area contributed by atoms with E-state index in [1.54, 1.807) is 12.4 Å². The third kappa shape index (κ3) is 2.90. The highest BCUT2D eigenvalue weighted by Crippen LogP contribution is 2.14. The lowest BCUT2D eigenvalue weighted by atomic mass is 9.94. The minimum atomic E-state index is -0.780. The first-order valence-corrected chi connectivity index (χ1v) is 4.54. The van der Waals surface area contributed by atoms with Crippen LogP contribution < -0.4 is 0 Å². The van der Waals surface area contributed by atoms with Crippen LogP contribution in [0.5, 0.6) is 0 Å². The fourth-order valence-corrected chi connectivity index (χ4v) is 1.32. The monoisotopic (exact) mass is 184 g/mol. The van der Waals surface area contributed by atoms with Crippen molar-refractivity contribution in [3.63, 3.8) is 0 Å². The number of hydrogen-bond donors (Lipinski definition) is 2. The van der Waals surface area contributed by atoms with Crippen molar-refractivity contribution in [3.8, 4) is 0 Å². The van der Waals surface area contributed by atoms with Crippen molar-refractivity contribution in [2.75, 3.05) is 0 Å². The molecule has 0 aromatic carbocycles. The van der Waals surface area contributed by atoms with Crippen molar-refractivity contribution in [1.29, 1.82) is 0 Å². The van der Waals surface area contributed by atoms with Gasteiger partial charge in [0.05, 0.1) is 18.1 Å². The highest BCUT2D eigenvalue weighted by molar-refractivity contribution is 5.87. The lowest BCUT2D eigenvalue weighted by Gasteiger charge is -2.21. The Morgan fingerprint density at radius 3 is 2.23 bits per heavy atom. The van der Waals surface area contributed by atoms with Gasteiger partial charge in [-0.1, -0.05) is 13.8 Å². The van der Waals surface area contributed by atoms with Crippen LogP contribution in [-0.4, -0.2) is 34.9 Å². The summed E-state index contributed by atoms with van der Waals surface area (Å²) in [6.07, 6.45) is 2.22. The van der Waals surface area contributed by atoms with Crippen molar-refractivity contribution in [2.45, 2.75) is 32.5 Å². The molecule has 4 nitrogen and oxygen atoms in total. The van der Waals surface area contributed by atoms with E-state index in [-0.39, 0.29) is 5.92 Å². The third-order valence-electron chi connectivity index (χ3n) is 2.05. The van der Waals surface area contributed by atoms with Crippen LogP contribution in [-0.2, 0) is 0 Å². The van der Waals surface area contributed by atoms with Gasteiger partial charge in [-0.25, -0.2) is 0 Å². The largest absolute Gasteiger partial charge is 0.390 e. The van der Waals surface area contributed by atoms with Gasteiger partial charge in [-0.15, -0.1) is 0 Å². The van der Waals surface area contributed by atoms with Gasteiger partial charge in [-0.2, -0.15) is 10.2 Å². The molecule has 1 rings (SSSR count). The molecule has 0 bridgehead atoms. The second-order valence-electron chi connectivity index (χ2n) is 3.79. The van der Waals surface area contributed by atoms with Crippen molar-refractivity contribution in [2.24, 2.45) is 22.0 Å². The molecule has 0 aliphatic carbocycles. The van der Waals surface area contributed by atoms with Crippen molar-refractivity contribution in [3.05, 3.63) is 0 Å². The molecule has 0 spiro atoms. The Morgan fingerprint density at radius 1 is 1.23 bits per heavy atom. The molecule has 0 radical (unpaired) electrons. The smallest absolute Gasteiger partial charge is 0.0927 e. The van der Waals surface area contributed by atoms with Gasteiger partial charge in [-0.05, 0) is 12.3 Å². The highest BCUT2D eigenvalue weighted by atomic mass is 16.3.